The minimum absolute atomic E-state index is 0. The molecule has 0 amide bonds. The molecule has 0 saturated carbocycles. The van der Waals surface area contributed by atoms with Gasteiger partial charge >= 0.3 is 5.97 Å². The molecule has 18 atom stereocenters. The van der Waals surface area contributed by atoms with E-state index in [1.54, 1.807) is 41.5 Å². The van der Waals surface area contributed by atoms with E-state index in [0.717, 1.165) is 0 Å². The third kappa shape index (κ3) is 11.3. The third-order valence-electron chi connectivity index (χ3n) is 12.2. The molecule has 0 spiro atoms. The fraction of sp³-hybridized carbons (Fsp3) is 0.974. The van der Waals surface area contributed by atoms with Gasteiger partial charge in [0.1, 0.15) is 30.0 Å². The summed E-state index contributed by atoms with van der Waals surface area (Å²) in [5, 5.41) is 58.1. The van der Waals surface area contributed by atoms with E-state index in [1.807, 2.05) is 51.7 Å². The van der Waals surface area contributed by atoms with Crippen LogP contribution >= 0.6 is 0 Å². The van der Waals surface area contributed by atoms with Crippen LogP contribution in [0.1, 0.15) is 94.9 Å². The lowest BCUT2D eigenvalue weighted by Gasteiger charge is -2.48. The van der Waals surface area contributed by atoms with Crippen LogP contribution in [-0.4, -0.2) is 177 Å². The summed E-state index contributed by atoms with van der Waals surface area (Å²) in [6, 6.07) is -0.808. The van der Waals surface area contributed by atoms with Gasteiger partial charge in [-0.2, -0.15) is 0 Å². The Hall–Kier alpha value is -1.09. The van der Waals surface area contributed by atoms with Gasteiger partial charge in [-0.1, -0.05) is 20.8 Å². The fourth-order valence-corrected chi connectivity index (χ4v) is 8.74. The Morgan fingerprint density at radius 2 is 1.52 bits per heavy atom. The lowest BCUT2D eigenvalue weighted by molar-refractivity contribution is -0.318. The number of hydrogen-bond donors (Lipinski definition) is 5. The van der Waals surface area contributed by atoms with Gasteiger partial charge in [0.2, 0.25) is 0 Å². The predicted octanol–water partition coefficient (Wildman–Crippen LogP) is 0.251. The van der Waals surface area contributed by atoms with Crippen molar-refractivity contribution in [2.24, 2.45) is 17.8 Å². The fourth-order valence-electron chi connectivity index (χ4n) is 8.74. The third-order valence-corrected chi connectivity index (χ3v) is 12.2. The molecule has 3 aliphatic heterocycles. The largest absolute Gasteiger partial charge is 0.459 e. The number of nitrogens with zero attached hydrogens (tertiary/aromatic N) is 2. The molecule has 0 aliphatic carbocycles. The van der Waals surface area contributed by atoms with Crippen molar-refractivity contribution in [3.8, 4) is 0 Å². The first-order chi connectivity index (χ1) is 23.9. The van der Waals surface area contributed by atoms with Crippen LogP contribution in [0.25, 0.3) is 0 Å². The summed E-state index contributed by atoms with van der Waals surface area (Å²) in [5.74, 6) is -2.58. The molecule has 1 unspecified atom stereocenters. The Labute approximate surface area is 323 Å². The van der Waals surface area contributed by atoms with Crippen molar-refractivity contribution in [1.29, 1.82) is 0 Å². The average molecular weight is 785 g/mol. The number of likely N-dealkylation sites (N-methyl/N-ethyl adjacent to an activating group) is 2. The van der Waals surface area contributed by atoms with Gasteiger partial charge < -0.3 is 74.7 Å². The van der Waals surface area contributed by atoms with Gasteiger partial charge in [0.25, 0.3) is 0 Å². The van der Waals surface area contributed by atoms with Crippen molar-refractivity contribution < 1.29 is 69.7 Å². The lowest BCUT2D eigenvalue weighted by atomic mass is 9.77. The highest BCUT2D eigenvalue weighted by molar-refractivity contribution is 5.73. The molecule has 0 aromatic heterocycles. The van der Waals surface area contributed by atoms with Crippen LogP contribution in [0.2, 0.25) is 0 Å². The van der Waals surface area contributed by atoms with Gasteiger partial charge in [0.15, 0.2) is 12.6 Å². The van der Waals surface area contributed by atoms with E-state index in [0.29, 0.717) is 13.0 Å². The molecule has 0 radical (unpaired) electrons. The zero-order chi connectivity index (χ0) is 39.7. The van der Waals surface area contributed by atoms with E-state index in [4.69, 9.17) is 28.4 Å². The lowest BCUT2D eigenvalue weighted by Crippen LogP contribution is -2.60. The molecule has 54 heavy (non-hydrogen) atoms. The maximum absolute atomic E-state index is 14.2. The summed E-state index contributed by atoms with van der Waals surface area (Å²) < 4.78 is 37.5. The van der Waals surface area contributed by atoms with Crippen LogP contribution in [0.15, 0.2) is 0 Å². The van der Waals surface area contributed by atoms with E-state index in [2.05, 4.69) is 0 Å². The van der Waals surface area contributed by atoms with E-state index in [-0.39, 0.29) is 48.3 Å². The highest BCUT2D eigenvalue weighted by Gasteiger charge is 2.52. The number of aliphatic hydroxyl groups is 5. The molecular formula is C38H76N2O14. The van der Waals surface area contributed by atoms with Crippen molar-refractivity contribution >= 4 is 5.97 Å². The summed E-state index contributed by atoms with van der Waals surface area (Å²) in [6.45, 7) is 18.0. The Morgan fingerprint density at radius 3 is 2.06 bits per heavy atom. The Balaban J connectivity index is 0.00000729. The number of methoxy groups -OCH3 is 1. The van der Waals surface area contributed by atoms with Crippen molar-refractivity contribution in [2.45, 2.75) is 185 Å². The van der Waals surface area contributed by atoms with Gasteiger partial charge in [-0.15, -0.1) is 0 Å². The van der Waals surface area contributed by atoms with E-state index in [1.165, 1.54) is 14.0 Å². The van der Waals surface area contributed by atoms with Crippen molar-refractivity contribution in [1.82, 2.24) is 9.80 Å². The molecule has 16 nitrogen and oxygen atoms in total. The number of carbonyl (C=O) groups is 1. The first kappa shape index (κ1) is 50.9. The van der Waals surface area contributed by atoms with Crippen LogP contribution in [0.5, 0.6) is 0 Å². The molecule has 3 heterocycles. The number of cyclic esters (lactones) is 1. The van der Waals surface area contributed by atoms with Gasteiger partial charge in [-0.25, -0.2) is 0 Å². The second-order valence-electron chi connectivity index (χ2n) is 17.2. The molecule has 16 heteroatoms. The topological polar surface area (TPSA) is 243 Å². The van der Waals surface area contributed by atoms with Crippen molar-refractivity contribution in [3.05, 3.63) is 0 Å². The summed E-state index contributed by atoms with van der Waals surface area (Å²) in [5.41, 5.74) is -4.37. The smallest absolute Gasteiger partial charge is 0.311 e. The zero-order valence-electron chi connectivity index (χ0n) is 35.2. The van der Waals surface area contributed by atoms with Gasteiger partial charge in [-0.3, -0.25) is 4.79 Å². The number of esters is 1. The number of hydrogen-bond acceptors (Lipinski definition) is 14. The molecule has 3 fully saturated rings. The molecule has 3 rings (SSSR count). The van der Waals surface area contributed by atoms with Crippen molar-refractivity contribution in [2.75, 3.05) is 34.8 Å². The standard InChI is InChI=1S/C38H72N2O12.2H2O/c1-15-27-38(10,46)31(42)24(6)40(13)19-20(2)17-36(8,45)33(52-35-29(41)26(39(11)12)16-21(3)48-35)22(4)30(23(5)34(44)50-27)51-28-18-37(9,47-14)32(43)25(7)49-28;;/h20-33,35,41-43,45-46H,15-19H2,1-14H3;2*1H2/t20-,21-,22+,23-,24-,25+,26+,27-,28+,29-,30+,31-,32+,33-,35+,36?,37-,38-;;/m1../s1. The number of carbonyl (C=O) groups excluding carboxylic acids is 1. The predicted molar refractivity (Wildman–Crippen MR) is 201 cm³/mol. The molecule has 3 aliphatic rings. The molecule has 0 aromatic carbocycles. The highest BCUT2D eigenvalue weighted by Crippen LogP contribution is 2.40. The summed E-state index contributed by atoms with van der Waals surface area (Å²) in [6.07, 6.45) is -8.19. The number of rotatable bonds is 7. The monoisotopic (exact) mass is 785 g/mol. The Kier molecular flexibility index (Phi) is 18.9. The second-order valence-corrected chi connectivity index (χ2v) is 17.2. The van der Waals surface area contributed by atoms with Crippen molar-refractivity contribution in [3.63, 3.8) is 0 Å². The molecule has 9 N–H and O–H groups in total. The molecule has 3 saturated heterocycles. The second kappa shape index (κ2) is 20.1. The summed E-state index contributed by atoms with van der Waals surface area (Å²) >= 11 is 0. The molecular weight excluding hydrogens is 708 g/mol. The van der Waals surface area contributed by atoms with Crippen LogP contribution in [0.3, 0.4) is 0 Å². The van der Waals surface area contributed by atoms with E-state index >= 15 is 0 Å². The van der Waals surface area contributed by atoms with Crippen LogP contribution in [-0.2, 0) is 33.2 Å². The normalized spacial score (nSPS) is 47.8. The quantitative estimate of drug-likeness (QED) is 0.218. The van der Waals surface area contributed by atoms with Gasteiger partial charge in [0, 0.05) is 38.1 Å². The SMILES string of the molecule is CC[C@H]1OC(=O)[C@H](C)[C@@H](O[C@H]2C[C@@](C)(OC)[C@@H](O)[C@H](C)O2)[C@H](C)[C@@H](O[C@@H]2O[C@H](C)C[C@H](N(C)C)[C@H]2O)C(C)(O)C[C@@H](C)CN(C)[C@H](C)[C@@H](O)[C@]1(C)O.O.O. The highest BCUT2D eigenvalue weighted by atomic mass is 16.7. The minimum Gasteiger partial charge on any atom is -0.459 e. The molecule has 0 aromatic rings. The summed E-state index contributed by atoms with van der Waals surface area (Å²) in [7, 11) is 7.12. The number of ether oxygens (including phenoxy) is 6. The average Bonchev–Trinajstić information content (AvgIpc) is 3.05. The first-order valence-corrected chi connectivity index (χ1v) is 19.1. The molecule has 0 bridgehead atoms. The van der Waals surface area contributed by atoms with Gasteiger partial charge in [-0.05, 0) is 94.8 Å². The van der Waals surface area contributed by atoms with Crippen LogP contribution < -0.4 is 0 Å². The molecule has 322 valence electrons. The zero-order valence-corrected chi connectivity index (χ0v) is 35.2. The Morgan fingerprint density at radius 1 is 0.926 bits per heavy atom. The maximum Gasteiger partial charge on any atom is 0.311 e. The first-order valence-electron chi connectivity index (χ1n) is 19.1. The van der Waals surface area contributed by atoms with Crippen LogP contribution in [0, 0.1) is 17.8 Å². The Bertz CT molecular complexity index is 1150. The summed E-state index contributed by atoms with van der Waals surface area (Å²) in [4.78, 5) is 18.0. The van der Waals surface area contributed by atoms with E-state index in [9.17, 15) is 30.3 Å². The maximum atomic E-state index is 14.2. The van der Waals surface area contributed by atoms with E-state index < -0.39 is 96.0 Å². The minimum atomic E-state index is -1.80. The number of aliphatic hydroxyl groups excluding tert-OH is 3. The van der Waals surface area contributed by atoms with Gasteiger partial charge in [0.05, 0.1) is 41.5 Å². The van der Waals surface area contributed by atoms with Crippen LogP contribution in [0.4, 0.5) is 0 Å².